The first-order chi connectivity index (χ1) is 15.5. The van der Waals surface area contributed by atoms with Gasteiger partial charge >= 0.3 is 11.7 Å². The molecule has 0 unspecified atom stereocenters. The van der Waals surface area contributed by atoms with Gasteiger partial charge in [0, 0.05) is 13.0 Å². The molecule has 0 aliphatic heterocycles. The van der Waals surface area contributed by atoms with Gasteiger partial charge in [-0.2, -0.15) is 0 Å². The molecule has 1 heterocycles. The lowest BCUT2D eigenvalue weighted by atomic mass is 9.99. The third-order valence-electron chi connectivity index (χ3n) is 5.29. The van der Waals surface area contributed by atoms with Crippen molar-refractivity contribution in [2.75, 3.05) is 0 Å². The maximum atomic E-state index is 13.0. The fraction of sp³-hybridized carbons (Fsp3) is 0.346. The van der Waals surface area contributed by atoms with Gasteiger partial charge < -0.3 is 5.11 Å². The lowest BCUT2D eigenvalue weighted by Crippen LogP contribution is -2.26. The lowest BCUT2D eigenvalue weighted by molar-refractivity contribution is 0.0697. The minimum absolute atomic E-state index is 0.151. The van der Waals surface area contributed by atoms with Crippen LogP contribution in [-0.4, -0.2) is 25.4 Å². The molecule has 2 aromatic carbocycles. The molecule has 0 aliphatic carbocycles. The van der Waals surface area contributed by atoms with Gasteiger partial charge in [-0.3, -0.25) is 4.57 Å². The number of aromatic carboxylic acids is 1. The van der Waals surface area contributed by atoms with E-state index in [9.17, 15) is 14.7 Å². The standard InChI is InChI=1S/C26H29N3O3/c1-3-5-7-10-18-29-26(32)28(24(27-29)13-6-4-2)19-20-14-16-21(17-15-20)22-11-8-9-12-23(22)25(30)31/h8-9,11-12,14-17H,3-5,7,10,18-19H2,1-2H3,(H,30,31). The summed E-state index contributed by atoms with van der Waals surface area (Å²) in [7, 11) is 0. The Labute approximate surface area is 188 Å². The first-order valence-corrected chi connectivity index (χ1v) is 11.1. The average Bonchev–Trinajstić information content (AvgIpc) is 3.10. The van der Waals surface area contributed by atoms with E-state index in [0.717, 1.165) is 36.8 Å². The number of hydrogen-bond donors (Lipinski definition) is 1. The molecule has 0 aliphatic rings. The zero-order chi connectivity index (χ0) is 22.9. The second-order valence-corrected chi connectivity index (χ2v) is 7.68. The van der Waals surface area contributed by atoms with Gasteiger partial charge in [0.05, 0.1) is 12.1 Å². The fourth-order valence-electron chi connectivity index (χ4n) is 3.57. The van der Waals surface area contributed by atoms with E-state index in [1.54, 1.807) is 22.8 Å². The predicted octanol–water partition coefficient (Wildman–Crippen LogP) is 4.80. The number of aryl methyl sites for hydroxylation is 1. The molecule has 0 spiro atoms. The quantitative estimate of drug-likeness (QED) is 0.390. The lowest BCUT2D eigenvalue weighted by Gasteiger charge is -2.08. The number of benzene rings is 2. The monoisotopic (exact) mass is 431 g/mol. The number of aromatic nitrogens is 3. The number of rotatable bonds is 9. The van der Waals surface area contributed by atoms with Gasteiger partial charge in [-0.15, -0.1) is 5.10 Å². The second-order valence-electron chi connectivity index (χ2n) is 7.68. The van der Waals surface area contributed by atoms with E-state index >= 15 is 0 Å². The molecule has 0 atom stereocenters. The molecule has 0 amide bonds. The number of hydrogen-bond acceptors (Lipinski definition) is 3. The Balaban J connectivity index is 1.85. The molecule has 0 bridgehead atoms. The predicted molar refractivity (Wildman–Crippen MR) is 126 cm³/mol. The molecular formula is C26H29N3O3. The van der Waals surface area contributed by atoms with Crippen molar-refractivity contribution in [1.82, 2.24) is 14.3 Å². The van der Waals surface area contributed by atoms with Gasteiger partial charge in [0.1, 0.15) is 0 Å². The van der Waals surface area contributed by atoms with Gasteiger partial charge in [-0.1, -0.05) is 81.5 Å². The highest BCUT2D eigenvalue weighted by atomic mass is 16.4. The van der Waals surface area contributed by atoms with Crippen molar-refractivity contribution in [2.24, 2.45) is 0 Å². The average molecular weight is 432 g/mol. The normalized spacial score (nSPS) is 10.6. The molecule has 0 fully saturated rings. The topological polar surface area (TPSA) is 77.1 Å². The summed E-state index contributed by atoms with van der Waals surface area (Å²) in [5, 5.41) is 13.9. The molecule has 1 aromatic heterocycles. The van der Waals surface area contributed by atoms with Crippen molar-refractivity contribution in [3.8, 4) is 23.0 Å². The summed E-state index contributed by atoms with van der Waals surface area (Å²) in [5.41, 5.74) is 2.52. The molecule has 32 heavy (non-hydrogen) atoms. The summed E-state index contributed by atoms with van der Waals surface area (Å²) in [6, 6.07) is 14.5. The molecule has 3 aromatic rings. The van der Waals surface area contributed by atoms with Gasteiger partial charge in [0.15, 0.2) is 0 Å². The van der Waals surface area contributed by atoms with E-state index in [1.807, 2.05) is 37.3 Å². The smallest absolute Gasteiger partial charge is 0.347 e. The first-order valence-electron chi connectivity index (χ1n) is 11.1. The number of carboxylic acid groups (broad SMARTS) is 1. The van der Waals surface area contributed by atoms with Gasteiger partial charge in [-0.05, 0) is 35.1 Å². The maximum Gasteiger partial charge on any atom is 0.347 e. The SMILES string of the molecule is CCC#Cc1nn(CCCCCC)c(=O)n1Cc1ccc(-c2ccccc2C(=O)O)cc1. The van der Waals surface area contributed by atoms with Crippen LogP contribution in [0, 0.1) is 11.8 Å². The van der Waals surface area contributed by atoms with Gasteiger partial charge in [0.25, 0.3) is 0 Å². The van der Waals surface area contributed by atoms with Crippen LogP contribution in [0.4, 0.5) is 0 Å². The molecule has 1 N–H and O–H groups in total. The van der Waals surface area contributed by atoms with Crippen molar-refractivity contribution in [3.63, 3.8) is 0 Å². The largest absolute Gasteiger partial charge is 0.478 e. The Morgan fingerprint density at radius 1 is 1.03 bits per heavy atom. The maximum absolute atomic E-state index is 13.0. The molecule has 166 valence electrons. The van der Waals surface area contributed by atoms with E-state index in [1.165, 1.54) is 4.68 Å². The summed E-state index contributed by atoms with van der Waals surface area (Å²) >= 11 is 0. The Bertz CT molecular complexity index is 1180. The Hall–Kier alpha value is -3.59. The second kappa shape index (κ2) is 11.1. The van der Waals surface area contributed by atoms with E-state index in [2.05, 4.69) is 23.9 Å². The van der Waals surface area contributed by atoms with Crippen LogP contribution in [0.15, 0.2) is 53.3 Å². The third-order valence-corrected chi connectivity index (χ3v) is 5.29. The number of carboxylic acids is 1. The van der Waals surface area contributed by atoms with Crippen LogP contribution in [-0.2, 0) is 13.1 Å². The highest BCUT2D eigenvalue weighted by Gasteiger charge is 2.14. The van der Waals surface area contributed by atoms with Gasteiger partial charge in [-0.25, -0.2) is 14.3 Å². The number of carbonyl (C=O) groups is 1. The highest BCUT2D eigenvalue weighted by Crippen LogP contribution is 2.24. The summed E-state index contributed by atoms with van der Waals surface area (Å²) in [4.78, 5) is 24.5. The Morgan fingerprint density at radius 2 is 1.78 bits per heavy atom. The zero-order valence-electron chi connectivity index (χ0n) is 18.7. The van der Waals surface area contributed by atoms with E-state index in [4.69, 9.17) is 0 Å². The minimum Gasteiger partial charge on any atom is -0.478 e. The van der Waals surface area contributed by atoms with Crippen LogP contribution in [0.25, 0.3) is 11.1 Å². The minimum atomic E-state index is -0.957. The van der Waals surface area contributed by atoms with Crippen molar-refractivity contribution < 1.29 is 9.90 Å². The zero-order valence-corrected chi connectivity index (χ0v) is 18.7. The molecule has 0 radical (unpaired) electrons. The van der Waals surface area contributed by atoms with Crippen LogP contribution < -0.4 is 5.69 Å². The van der Waals surface area contributed by atoms with Crippen LogP contribution in [0.2, 0.25) is 0 Å². The number of nitrogens with zero attached hydrogens (tertiary/aromatic N) is 3. The molecule has 6 nitrogen and oxygen atoms in total. The molecule has 0 saturated carbocycles. The third kappa shape index (κ3) is 5.55. The molecule has 6 heteroatoms. The Kier molecular flexibility index (Phi) is 8.04. The van der Waals surface area contributed by atoms with Crippen LogP contribution in [0.1, 0.15) is 67.7 Å². The van der Waals surface area contributed by atoms with Crippen molar-refractivity contribution >= 4 is 5.97 Å². The first kappa shape index (κ1) is 23.1. The molecule has 3 rings (SSSR count). The Morgan fingerprint density at radius 3 is 2.47 bits per heavy atom. The highest BCUT2D eigenvalue weighted by molar-refractivity contribution is 5.95. The summed E-state index contributed by atoms with van der Waals surface area (Å²) < 4.78 is 3.13. The van der Waals surface area contributed by atoms with Crippen LogP contribution in [0.5, 0.6) is 0 Å². The van der Waals surface area contributed by atoms with E-state index in [0.29, 0.717) is 30.9 Å². The van der Waals surface area contributed by atoms with Crippen molar-refractivity contribution in [2.45, 2.75) is 59.0 Å². The van der Waals surface area contributed by atoms with Crippen molar-refractivity contribution in [3.05, 3.63) is 76.0 Å². The van der Waals surface area contributed by atoms with E-state index < -0.39 is 5.97 Å². The van der Waals surface area contributed by atoms with E-state index in [-0.39, 0.29) is 11.3 Å². The van der Waals surface area contributed by atoms with Crippen molar-refractivity contribution in [1.29, 1.82) is 0 Å². The van der Waals surface area contributed by atoms with Crippen LogP contribution in [0.3, 0.4) is 0 Å². The molecule has 0 saturated heterocycles. The summed E-state index contributed by atoms with van der Waals surface area (Å²) in [6.45, 7) is 5.08. The fourth-order valence-corrected chi connectivity index (χ4v) is 3.57. The van der Waals surface area contributed by atoms with Crippen LogP contribution >= 0.6 is 0 Å². The number of unbranched alkanes of at least 4 members (excludes halogenated alkanes) is 3. The summed E-state index contributed by atoms with van der Waals surface area (Å²) in [6.07, 6.45) is 4.97. The van der Waals surface area contributed by atoms with Gasteiger partial charge in [0.2, 0.25) is 5.82 Å². The summed E-state index contributed by atoms with van der Waals surface area (Å²) in [5.74, 6) is 5.56. The molecular weight excluding hydrogens is 402 g/mol.